The molecule has 0 fully saturated rings. The molecule has 54 valence electrons. The molecule has 0 radical (unpaired) electrons. The number of nitrogens with one attached hydrogen (secondary N) is 1. The molecule has 0 amide bonds. The van der Waals surface area contributed by atoms with Gasteiger partial charge in [0.15, 0.2) is 11.8 Å². The minimum atomic E-state index is -0.0978. The third kappa shape index (κ3) is 0.384. The second kappa shape index (κ2) is 1.17. The summed E-state index contributed by atoms with van der Waals surface area (Å²) < 4.78 is 0. The Bertz CT molecular complexity index is 272. The van der Waals surface area contributed by atoms with Gasteiger partial charge in [-0.2, -0.15) is 0 Å². The van der Waals surface area contributed by atoms with Crippen molar-refractivity contribution in [1.82, 2.24) is 4.98 Å². The average Bonchev–Trinajstić information content (AvgIpc) is 2.17. The van der Waals surface area contributed by atoms with Crippen molar-refractivity contribution in [3.05, 3.63) is 11.1 Å². The summed E-state index contributed by atoms with van der Waals surface area (Å²) in [5, 5.41) is 18.2. The Hall–Kier alpha value is -1.12. The van der Waals surface area contributed by atoms with Crippen molar-refractivity contribution < 1.29 is 10.2 Å². The molecule has 1 aliphatic rings. The summed E-state index contributed by atoms with van der Waals surface area (Å²) in [6.07, 6.45) is 0. The Morgan fingerprint density at radius 2 is 1.50 bits per heavy atom. The predicted octanol–water partition coefficient (Wildman–Crippen LogP) is 1.07. The van der Waals surface area contributed by atoms with E-state index in [1.54, 1.807) is 0 Å². The second-order valence-corrected chi connectivity index (χ2v) is 3.20. The number of hydrogen-bond donors (Lipinski definition) is 3. The molecule has 0 aliphatic heterocycles. The number of aromatic hydroxyl groups is 2. The monoisotopic (exact) mass is 139 g/mol. The van der Waals surface area contributed by atoms with Gasteiger partial charge in [0.05, 0.1) is 0 Å². The molecule has 0 unspecified atom stereocenters. The first-order valence-electron chi connectivity index (χ1n) is 3.20. The van der Waals surface area contributed by atoms with E-state index in [0.29, 0.717) is 0 Å². The molecule has 3 N–H and O–H groups in total. The highest BCUT2D eigenvalue weighted by Gasteiger charge is 2.49. The van der Waals surface area contributed by atoms with E-state index < -0.39 is 0 Å². The van der Waals surface area contributed by atoms with Gasteiger partial charge in [0.25, 0.3) is 0 Å². The minimum absolute atomic E-state index is 0.0978. The van der Waals surface area contributed by atoms with Gasteiger partial charge < -0.3 is 10.2 Å². The highest BCUT2D eigenvalue weighted by Crippen LogP contribution is 2.58. The Labute approximate surface area is 58.3 Å². The van der Waals surface area contributed by atoms with Crippen molar-refractivity contribution in [3.8, 4) is 11.8 Å². The van der Waals surface area contributed by atoms with Crippen LogP contribution in [0.2, 0.25) is 0 Å². The fourth-order valence-corrected chi connectivity index (χ4v) is 1.53. The van der Waals surface area contributed by atoms with Gasteiger partial charge in [0, 0.05) is 16.5 Å². The van der Waals surface area contributed by atoms with Crippen LogP contribution in [-0.2, 0) is 5.41 Å². The number of rotatable bonds is 0. The van der Waals surface area contributed by atoms with Crippen LogP contribution in [0.1, 0.15) is 25.0 Å². The lowest BCUT2D eigenvalue weighted by atomic mass is 10.1. The van der Waals surface area contributed by atoms with E-state index in [2.05, 4.69) is 4.98 Å². The van der Waals surface area contributed by atoms with Crippen molar-refractivity contribution in [2.75, 3.05) is 0 Å². The van der Waals surface area contributed by atoms with Gasteiger partial charge in [0.1, 0.15) is 0 Å². The molecular formula is C7H9NO2. The van der Waals surface area contributed by atoms with E-state index in [-0.39, 0.29) is 17.2 Å². The van der Waals surface area contributed by atoms with Gasteiger partial charge in [-0.1, -0.05) is 13.8 Å². The molecule has 3 nitrogen and oxygen atoms in total. The standard InChI is InChI=1S/C7H9NO2/c1-7(2)3-4(7)6(10)8-5(3)9/h8-10H,1-2H3. The first-order chi connectivity index (χ1) is 4.55. The second-order valence-electron chi connectivity index (χ2n) is 3.20. The van der Waals surface area contributed by atoms with Crippen molar-refractivity contribution in [3.63, 3.8) is 0 Å². The first-order valence-corrected chi connectivity index (χ1v) is 3.20. The number of H-pyrrole nitrogens is 1. The maximum absolute atomic E-state index is 9.11. The molecule has 2 rings (SSSR count). The molecule has 0 bridgehead atoms. The van der Waals surface area contributed by atoms with Crippen LogP contribution in [0.15, 0.2) is 0 Å². The molecule has 0 saturated heterocycles. The molecule has 3 heteroatoms. The number of fused-ring (bicyclic) bond motifs is 1. The van der Waals surface area contributed by atoms with E-state index in [4.69, 9.17) is 10.2 Å². The van der Waals surface area contributed by atoms with Crippen molar-refractivity contribution in [2.24, 2.45) is 0 Å². The lowest BCUT2D eigenvalue weighted by molar-refractivity contribution is 0.410. The highest BCUT2D eigenvalue weighted by molar-refractivity contribution is 5.68. The summed E-state index contributed by atoms with van der Waals surface area (Å²) in [4.78, 5) is 2.44. The normalized spacial score (nSPS) is 18.6. The Morgan fingerprint density at radius 3 is 1.70 bits per heavy atom. The van der Waals surface area contributed by atoms with Gasteiger partial charge in [-0.15, -0.1) is 0 Å². The maximum atomic E-state index is 9.11. The lowest BCUT2D eigenvalue weighted by Gasteiger charge is -2.01. The van der Waals surface area contributed by atoms with E-state index in [0.717, 1.165) is 11.1 Å². The zero-order valence-corrected chi connectivity index (χ0v) is 5.89. The largest absolute Gasteiger partial charge is 0.494 e. The summed E-state index contributed by atoms with van der Waals surface area (Å²) in [5.41, 5.74) is 1.61. The molecule has 1 aromatic heterocycles. The van der Waals surface area contributed by atoms with Crippen LogP contribution in [0.3, 0.4) is 0 Å². The van der Waals surface area contributed by atoms with Crippen LogP contribution in [0, 0.1) is 0 Å². The number of aromatic nitrogens is 1. The Morgan fingerprint density at radius 1 is 1.10 bits per heavy atom. The van der Waals surface area contributed by atoms with Crippen LogP contribution in [0.4, 0.5) is 0 Å². The van der Waals surface area contributed by atoms with E-state index in [1.807, 2.05) is 13.8 Å². The fourth-order valence-electron chi connectivity index (χ4n) is 1.53. The van der Waals surface area contributed by atoms with Crippen LogP contribution in [0.5, 0.6) is 11.8 Å². The summed E-state index contributed by atoms with van der Waals surface area (Å²) in [6, 6.07) is 0. The third-order valence-electron chi connectivity index (χ3n) is 2.15. The van der Waals surface area contributed by atoms with Crippen molar-refractivity contribution in [2.45, 2.75) is 19.3 Å². The van der Waals surface area contributed by atoms with E-state index in [9.17, 15) is 0 Å². The van der Waals surface area contributed by atoms with Gasteiger partial charge in [0.2, 0.25) is 0 Å². The van der Waals surface area contributed by atoms with Crippen molar-refractivity contribution in [1.29, 1.82) is 0 Å². The predicted molar refractivity (Wildman–Crippen MR) is 36.3 cm³/mol. The zero-order chi connectivity index (χ0) is 7.52. The molecule has 1 aromatic rings. The fraction of sp³-hybridized carbons (Fsp3) is 0.429. The maximum Gasteiger partial charge on any atom is 0.195 e. The third-order valence-corrected chi connectivity index (χ3v) is 2.15. The van der Waals surface area contributed by atoms with Crippen LogP contribution in [0.25, 0.3) is 0 Å². The SMILES string of the molecule is CC1(C)c2c(O)[nH]c(O)c21. The molecule has 1 heterocycles. The number of hydrogen-bond acceptors (Lipinski definition) is 2. The van der Waals surface area contributed by atoms with Crippen molar-refractivity contribution >= 4 is 0 Å². The van der Waals surface area contributed by atoms with E-state index >= 15 is 0 Å². The molecule has 1 aliphatic carbocycles. The molecule has 10 heavy (non-hydrogen) atoms. The first kappa shape index (κ1) is 5.65. The Balaban J connectivity index is 2.63. The average molecular weight is 139 g/mol. The van der Waals surface area contributed by atoms with Gasteiger partial charge in [-0.05, 0) is 0 Å². The Kier molecular flexibility index (Phi) is 0.659. The number of aromatic amines is 1. The summed E-state index contributed by atoms with van der Waals surface area (Å²) in [5.74, 6) is 0.218. The lowest BCUT2D eigenvalue weighted by Crippen LogP contribution is -1.94. The smallest absolute Gasteiger partial charge is 0.195 e. The molecule has 0 saturated carbocycles. The van der Waals surface area contributed by atoms with Crippen LogP contribution in [-0.4, -0.2) is 15.2 Å². The molecule has 0 aromatic carbocycles. The summed E-state index contributed by atoms with van der Waals surface area (Å²) in [7, 11) is 0. The minimum Gasteiger partial charge on any atom is -0.494 e. The van der Waals surface area contributed by atoms with Crippen LogP contribution < -0.4 is 0 Å². The zero-order valence-electron chi connectivity index (χ0n) is 5.89. The quantitative estimate of drug-likeness (QED) is 0.503. The summed E-state index contributed by atoms with van der Waals surface area (Å²) >= 11 is 0. The van der Waals surface area contributed by atoms with Crippen LogP contribution >= 0.6 is 0 Å². The van der Waals surface area contributed by atoms with Gasteiger partial charge >= 0.3 is 0 Å². The van der Waals surface area contributed by atoms with Gasteiger partial charge in [-0.25, -0.2) is 0 Å². The highest BCUT2D eigenvalue weighted by atomic mass is 16.3. The molecule has 0 atom stereocenters. The topological polar surface area (TPSA) is 56.2 Å². The van der Waals surface area contributed by atoms with E-state index in [1.165, 1.54) is 0 Å². The molecular weight excluding hydrogens is 130 g/mol. The van der Waals surface area contributed by atoms with Gasteiger partial charge in [-0.3, -0.25) is 4.98 Å². The summed E-state index contributed by atoms with van der Waals surface area (Å²) in [6.45, 7) is 3.93. The molecule has 0 spiro atoms.